The lowest BCUT2D eigenvalue weighted by molar-refractivity contribution is -0.115. The van der Waals surface area contributed by atoms with E-state index in [0.29, 0.717) is 10.2 Å². The zero-order valence-electron chi connectivity index (χ0n) is 6.40. The van der Waals surface area contributed by atoms with Gasteiger partial charge < -0.3 is 5.32 Å². The number of halogens is 4. The van der Waals surface area contributed by atoms with Gasteiger partial charge in [-0.2, -0.15) is 13.2 Å². The van der Waals surface area contributed by atoms with Gasteiger partial charge in [-0.15, -0.1) is 0 Å². The molecule has 0 amide bonds. The summed E-state index contributed by atoms with van der Waals surface area (Å²) in [7, 11) is 0. The Labute approximate surface area is 81.3 Å². The highest BCUT2D eigenvalue weighted by atomic mass is 79.9. The summed E-state index contributed by atoms with van der Waals surface area (Å²) in [6.45, 7) is -1.05. The molecule has 0 radical (unpaired) electrons. The molecule has 1 aromatic rings. The molecule has 1 aromatic heterocycles. The van der Waals surface area contributed by atoms with Gasteiger partial charge in [-0.05, 0) is 22.0 Å². The van der Waals surface area contributed by atoms with Crippen LogP contribution in [0.1, 0.15) is 0 Å². The van der Waals surface area contributed by atoms with Crippen LogP contribution in [-0.4, -0.2) is 17.7 Å². The number of nitrogens with one attached hydrogen (secondary N) is 1. The van der Waals surface area contributed by atoms with E-state index in [-0.39, 0.29) is 0 Å². The molecule has 6 heteroatoms. The molecule has 0 aliphatic heterocycles. The molecule has 72 valence electrons. The van der Waals surface area contributed by atoms with Gasteiger partial charge in [0.25, 0.3) is 0 Å². The molecule has 0 saturated carbocycles. The first-order valence-electron chi connectivity index (χ1n) is 3.38. The fraction of sp³-hybridized carbons (Fsp3) is 0.286. The Hall–Kier alpha value is -0.780. The lowest BCUT2D eigenvalue weighted by Gasteiger charge is -2.08. The minimum atomic E-state index is -4.21. The maximum Gasteiger partial charge on any atom is 0.405 e. The van der Waals surface area contributed by atoms with Crippen molar-refractivity contribution in [3.05, 3.63) is 22.9 Å². The van der Waals surface area contributed by atoms with Crippen molar-refractivity contribution < 1.29 is 13.2 Å². The number of anilines is 1. The molecule has 1 N–H and O–H groups in total. The first-order valence-corrected chi connectivity index (χ1v) is 4.18. The summed E-state index contributed by atoms with van der Waals surface area (Å²) in [6, 6.07) is 1.53. The third-order valence-corrected chi connectivity index (χ3v) is 1.63. The smallest absolute Gasteiger partial charge is 0.375 e. The van der Waals surface area contributed by atoms with Crippen molar-refractivity contribution in [2.75, 3.05) is 11.9 Å². The Morgan fingerprint density at radius 1 is 1.38 bits per heavy atom. The van der Waals surface area contributed by atoms with Crippen LogP contribution in [0.25, 0.3) is 0 Å². The molecule has 0 aliphatic carbocycles. The van der Waals surface area contributed by atoms with Crippen LogP contribution in [0.4, 0.5) is 18.9 Å². The van der Waals surface area contributed by atoms with Gasteiger partial charge in [0.05, 0.1) is 11.9 Å². The maximum atomic E-state index is 11.7. The van der Waals surface area contributed by atoms with Crippen LogP contribution < -0.4 is 5.32 Å². The zero-order chi connectivity index (χ0) is 9.90. The monoisotopic (exact) mass is 254 g/mol. The molecule has 0 saturated heterocycles. The Balaban J connectivity index is 2.55. The first kappa shape index (κ1) is 10.3. The SMILES string of the molecule is FC(F)(F)CNc1cncc(Br)c1. The highest BCUT2D eigenvalue weighted by Gasteiger charge is 2.26. The number of hydrogen-bond acceptors (Lipinski definition) is 2. The highest BCUT2D eigenvalue weighted by Crippen LogP contribution is 2.18. The average Bonchev–Trinajstić information content (AvgIpc) is 2.00. The van der Waals surface area contributed by atoms with E-state index in [0.717, 1.165) is 0 Å². The van der Waals surface area contributed by atoms with Crippen LogP contribution in [0.3, 0.4) is 0 Å². The summed E-state index contributed by atoms with van der Waals surface area (Å²) >= 11 is 3.10. The van der Waals surface area contributed by atoms with Crippen LogP contribution in [0.5, 0.6) is 0 Å². The van der Waals surface area contributed by atoms with Crippen molar-refractivity contribution >= 4 is 21.6 Å². The molecule has 0 aliphatic rings. The third-order valence-electron chi connectivity index (χ3n) is 1.20. The highest BCUT2D eigenvalue weighted by molar-refractivity contribution is 9.10. The van der Waals surface area contributed by atoms with E-state index in [2.05, 4.69) is 26.2 Å². The fourth-order valence-corrected chi connectivity index (χ4v) is 1.08. The van der Waals surface area contributed by atoms with Gasteiger partial charge >= 0.3 is 6.18 Å². The molecule has 0 bridgehead atoms. The topological polar surface area (TPSA) is 24.9 Å². The normalized spacial score (nSPS) is 11.4. The summed E-state index contributed by atoms with van der Waals surface area (Å²) in [4.78, 5) is 3.71. The molecule has 0 atom stereocenters. The van der Waals surface area contributed by atoms with E-state index in [9.17, 15) is 13.2 Å². The second kappa shape index (κ2) is 3.95. The predicted molar refractivity (Wildman–Crippen MR) is 46.5 cm³/mol. The lowest BCUT2D eigenvalue weighted by Crippen LogP contribution is -2.21. The second-order valence-electron chi connectivity index (χ2n) is 2.36. The first-order chi connectivity index (χ1) is 5.97. The Kier molecular flexibility index (Phi) is 3.13. The molecule has 2 nitrogen and oxygen atoms in total. The van der Waals surface area contributed by atoms with E-state index in [1.165, 1.54) is 18.5 Å². The number of pyridine rings is 1. The van der Waals surface area contributed by atoms with E-state index < -0.39 is 12.7 Å². The lowest BCUT2D eigenvalue weighted by atomic mass is 10.4. The summed E-state index contributed by atoms with van der Waals surface area (Å²) in [6.07, 6.45) is -1.38. The van der Waals surface area contributed by atoms with E-state index in [4.69, 9.17) is 0 Å². The molecule has 0 fully saturated rings. The number of aromatic nitrogens is 1. The molecule has 13 heavy (non-hydrogen) atoms. The van der Waals surface area contributed by atoms with Crippen LogP contribution in [0.2, 0.25) is 0 Å². The van der Waals surface area contributed by atoms with E-state index in [1.807, 2.05) is 0 Å². The Bertz CT molecular complexity index is 287. The van der Waals surface area contributed by atoms with E-state index >= 15 is 0 Å². The zero-order valence-corrected chi connectivity index (χ0v) is 7.98. The van der Waals surface area contributed by atoms with Gasteiger partial charge in [0.1, 0.15) is 6.54 Å². The molecule has 1 heterocycles. The summed E-state index contributed by atoms with van der Waals surface area (Å²) in [5, 5.41) is 2.21. The largest absolute Gasteiger partial charge is 0.405 e. The van der Waals surface area contributed by atoms with Crippen molar-refractivity contribution in [2.45, 2.75) is 6.18 Å². The van der Waals surface area contributed by atoms with Crippen LogP contribution in [0, 0.1) is 0 Å². The van der Waals surface area contributed by atoms with Gasteiger partial charge in [-0.1, -0.05) is 0 Å². The minimum Gasteiger partial charge on any atom is -0.375 e. The third kappa shape index (κ3) is 4.12. The molecule has 0 unspecified atom stereocenters. The molecular formula is C7H6BrF3N2. The maximum absolute atomic E-state index is 11.7. The second-order valence-corrected chi connectivity index (χ2v) is 3.28. The summed E-state index contributed by atoms with van der Waals surface area (Å²) in [5.41, 5.74) is 0.340. The van der Waals surface area contributed by atoms with Crippen LogP contribution in [0.15, 0.2) is 22.9 Å². The number of rotatable bonds is 2. The average molecular weight is 255 g/mol. The van der Waals surface area contributed by atoms with Crippen molar-refractivity contribution in [1.29, 1.82) is 0 Å². The number of hydrogen-bond donors (Lipinski definition) is 1. The molecular weight excluding hydrogens is 249 g/mol. The van der Waals surface area contributed by atoms with Gasteiger partial charge in [0, 0.05) is 10.7 Å². The molecule has 0 aromatic carbocycles. The number of nitrogens with zero attached hydrogens (tertiary/aromatic N) is 1. The van der Waals surface area contributed by atoms with Crippen molar-refractivity contribution in [3.8, 4) is 0 Å². The quantitative estimate of drug-likeness (QED) is 0.878. The fourth-order valence-electron chi connectivity index (χ4n) is 0.711. The van der Waals surface area contributed by atoms with Crippen molar-refractivity contribution in [1.82, 2.24) is 4.98 Å². The van der Waals surface area contributed by atoms with Crippen molar-refractivity contribution in [2.24, 2.45) is 0 Å². The van der Waals surface area contributed by atoms with Crippen LogP contribution >= 0.6 is 15.9 Å². The molecule has 1 rings (SSSR count). The van der Waals surface area contributed by atoms with Crippen LogP contribution in [-0.2, 0) is 0 Å². The van der Waals surface area contributed by atoms with Gasteiger partial charge in [-0.3, -0.25) is 4.98 Å². The standard InChI is InChI=1S/C7H6BrF3N2/c8-5-1-6(3-12-2-5)13-4-7(9,10)11/h1-3,13H,4H2. The summed E-state index contributed by atoms with van der Waals surface area (Å²) in [5.74, 6) is 0. The minimum absolute atomic E-state index is 0.340. The summed E-state index contributed by atoms with van der Waals surface area (Å²) < 4.78 is 35.9. The van der Waals surface area contributed by atoms with Crippen molar-refractivity contribution in [3.63, 3.8) is 0 Å². The Morgan fingerprint density at radius 2 is 2.08 bits per heavy atom. The van der Waals surface area contributed by atoms with Gasteiger partial charge in [0.2, 0.25) is 0 Å². The number of alkyl halides is 3. The van der Waals surface area contributed by atoms with Gasteiger partial charge in [-0.25, -0.2) is 0 Å². The predicted octanol–water partition coefficient (Wildman–Crippen LogP) is 2.82. The molecule has 0 spiro atoms. The van der Waals surface area contributed by atoms with Gasteiger partial charge in [0.15, 0.2) is 0 Å². The Morgan fingerprint density at radius 3 is 2.62 bits per heavy atom. The van der Waals surface area contributed by atoms with E-state index in [1.54, 1.807) is 0 Å².